The van der Waals surface area contributed by atoms with Gasteiger partial charge in [0.15, 0.2) is 0 Å². The van der Waals surface area contributed by atoms with Crippen LogP contribution in [0.15, 0.2) is 12.1 Å². The molecule has 0 saturated heterocycles. The molecule has 1 aromatic rings. The number of rotatable bonds is 5. The molecular formula is C11H15NO6. The highest BCUT2D eigenvalue weighted by molar-refractivity contribution is 5.91. The first-order valence-electron chi connectivity index (χ1n) is 5.23. The molecule has 0 saturated carbocycles. The quantitative estimate of drug-likeness (QED) is 0.418. The summed E-state index contributed by atoms with van der Waals surface area (Å²) in [7, 11) is 0. The van der Waals surface area contributed by atoms with E-state index in [0.717, 1.165) is 12.1 Å². The number of aliphatic hydroxyl groups is 2. The van der Waals surface area contributed by atoms with Gasteiger partial charge in [-0.2, -0.15) is 0 Å². The van der Waals surface area contributed by atoms with Crippen molar-refractivity contribution in [2.75, 3.05) is 6.54 Å². The number of nitrogens with two attached hydrogens (primary N) is 1. The van der Waals surface area contributed by atoms with E-state index in [9.17, 15) is 25.2 Å². The zero-order chi connectivity index (χ0) is 13.9. The molecule has 1 rings (SSSR count). The van der Waals surface area contributed by atoms with E-state index in [-0.39, 0.29) is 18.5 Å². The summed E-state index contributed by atoms with van der Waals surface area (Å²) in [6, 6.07) is 1.72. The Bertz CT molecular complexity index is 447. The predicted molar refractivity (Wildman–Crippen MR) is 61.4 cm³/mol. The molecule has 2 unspecified atom stereocenters. The molecule has 0 spiro atoms. The normalized spacial score (nSPS) is 14.2. The zero-order valence-electron chi connectivity index (χ0n) is 9.45. The third kappa shape index (κ3) is 2.89. The summed E-state index contributed by atoms with van der Waals surface area (Å²) >= 11 is 0. The van der Waals surface area contributed by atoms with Gasteiger partial charge in [0.2, 0.25) is 0 Å². The van der Waals surface area contributed by atoms with Crippen molar-refractivity contribution >= 4 is 5.97 Å². The van der Waals surface area contributed by atoms with Crippen LogP contribution in [0.1, 0.15) is 28.4 Å². The largest absolute Gasteiger partial charge is 0.507 e. The van der Waals surface area contributed by atoms with Crippen LogP contribution in [0.2, 0.25) is 0 Å². The smallest absolute Gasteiger partial charge is 0.339 e. The molecule has 0 heterocycles. The third-order valence-corrected chi connectivity index (χ3v) is 2.52. The third-order valence-electron chi connectivity index (χ3n) is 2.52. The summed E-state index contributed by atoms with van der Waals surface area (Å²) in [6.45, 7) is 0.128. The maximum Gasteiger partial charge on any atom is 0.339 e. The molecule has 100 valence electrons. The van der Waals surface area contributed by atoms with Gasteiger partial charge in [0.25, 0.3) is 0 Å². The van der Waals surface area contributed by atoms with Crippen LogP contribution in [0, 0.1) is 0 Å². The fraction of sp³-hybridized carbons (Fsp3) is 0.364. The molecule has 1 aromatic carbocycles. The highest BCUT2D eigenvalue weighted by atomic mass is 16.4. The molecule has 0 aromatic heterocycles. The summed E-state index contributed by atoms with van der Waals surface area (Å²) in [5.74, 6) is -2.53. The Labute approximate surface area is 103 Å². The van der Waals surface area contributed by atoms with Gasteiger partial charge in [-0.15, -0.1) is 0 Å². The number of benzene rings is 1. The molecule has 0 aliphatic carbocycles. The van der Waals surface area contributed by atoms with Gasteiger partial charge in [0.1, 0.15) is 23.2 Å². The Balaban J connectivity index is 3.15. The van der Waals surface area contributed by atoms with Crippen molar-refractivity contribution in [1.29, 1.82) is 0 Å². The van der Waals surface area contributed by atoms with E-state index in [1.807, 2.05) is 0 Å². The number of phenolic OH excluding ortho intramolecular Hbond substituents is 1. The van der Waals surface area contributed by atoms with Gasteiger partial charge in [-0.1, -0.05) is 0 Å². The summed E-state index contributed by atoms with van der Waals surface area (Å²) in [5, 5.41) is 46.9. The van der Waals surface area contributed by atoms with Gasteiger partial charge < -0.3 is 31.3 Å². The summed E-state index contributed by atoms with van der Waals surface area (Å²) in [4.78, 5) is 10.8. The first-order valence-corrected chi connectivity index (χ1v) is 5.23. The molecule has 7 nitrogen and oxygen atoms in total. The molecule has 0 aliphatic heterocycles. The van der Waals surface area contributed by atoms with E-state index in [0.29, 0.717) is 0 Å². The number of carbonyl (C=O) groups is 1. The second kappa shape index (κ2) is 5.67. The van der Waals surface area contributed by atoms with E-state index in [1.165, 1.54) is 0 Å². The van der Waals surface area contributed by atoms with Crippen LogP contribution >= 0.6 is 0 Å². The summed E-state index contributed by atoms with van der Waals surface area (Å²) in [5.41, 5.74) is 4.57. The van der Waals surface area contributed by atoms with Gasteiger partial charge in [0, 0.05) is 11.6 Å². The van der Waals surface area contributed by atoms with Crippen molar-refractivity contribution in [3.63, 3.8) is 0 Å². The first kappa shape index (κ1) is 14.2. The van der Waals surface area contributed by atoms with Gasteiger partial charge in [0.05, 0.1) is 6.10 Å². The SMILES string of the molecule is NCCC(O)C(O)c1cc(C(=O)O)c(O)cc1O. The van der Waals surface area contributed by atoms with Crippen molar-refractivity contribution in [2.45, 2.75) is 18.6 Å². The van der Waals surface area contributed by atoms with Gasteiger partial charge in [-0.25, -0.2) is 4.79 Å². The topological polar surface area (TPSA) is 144 Å². The number of carboxylic acid groups (broad SMARTS) is 1. The molecule has 0 amide bonds. The van der Waals surface area contributed by atoms with E-state index >= 15 is 0 Å². The molecule has 0 bridgehead atoms. The van der Waals surface area contributed by atoms with Crippen LogP contribution < -0.4 is 5.73 Å². The Morgan fingerprint density at radius 2 is 1.83 bits per heavy atom. The lowest BCUT2D eigenvalue weighted by molar-refractivity contribution is 0.0136. The molecule has 18 heavy (non-hydrogen) atoms. The Kier molecular flexibility index (Phi) is 4.49. The lowest BCUT2D eigenvalue weighted by atomic mass is 9.98. The van der Waals surface area contributed by atoms with Crippen molar-refractivity contribution in [2.24, 2.45) is 5.73 Å². The zero-order valence-corrected chi connectivity index (χ0v) is 9.45. The van der Waals surface area contributed by atoms with Crippen LogP contribution in [-0.4, -0.2) is 44.2 Å². The number of aliphatic hydroxyl groups excluding tert-OH is 2. The number of aromatic carboxylic acids is 1. The highest BCUT2D eigenvalue weighted by Crippen LogP contribution is 2.33. The Morgan fingerprint density at radius 1 is 1.22 bits per heavy atom. The average Bonchev–Trinajstić information content (AvgIpc) is 2.28. The average molecular weight is 257 g/mol. The minimum absolute atomic E-state index is 0.0872. The lowest BCUT2D eigenvalue weighted by Crippen LogP contribution is -2.22. The molecule has 2 atom stereocenters. The van der Waals surface area contributed by atoms with Crippen molar-refractivity contribution < 1.29 is 30.3 Å². The standard InChI is InChI=1S/C11H15NO6/c12-2-1-7(13)10(16)5-3-6(11(17)18)9(15)4-8(5)14/h3-4,7,10,13-16H,1-2,12H2,(H,17,18). The van der Waals surface area contributed by atoms with Crippen LogP contribution in [0.3, 0.4) is 0 Å². The van der Waals surface area contributed by atoms with Gasteiger partial charge in [-0.3, -0.25) is 0 Å². The fourth-order valence-corrected chi connectivity index (χ4v) is 1.54. The number of aromatic hydroxyl groups is 2. The minimum atomic E-state index is -1.48. The Morgan fingerprint density at radius 3 is 2.33 bits per heavy atom. The predicted octanol–water partition coefficient (Wildman–Crippen LogP) is -0.461. The van der Waals surface area contributed by atoms with E-state index in [4.69, 9.17) is 10.8 Å². The Hall–Kier alpha value is -1.83. The van der Waals surface area contributed by atoms with E-state index in [1.54, 1.807) is 0 Å². The van der Waals surface area contributed by atoms with Crippen molar-refractivity contribution in [3.05, 3.63) is 23.3 Å². The van der Waals surface area contributed by atoms with Crippen molar-refractivity contribution in [1.82, 2.24) is 0 Å². The molecule has 7 heteroatoms. The summed E-state index contributed by atoms with van der Waals surface area (Å²) in [6.07, 6.45) is -2.62. The van der Waals surface area contributed by atoms with Crippen LogP contribution in [0.5, 0.6) is 11.5 Å². The van der Waals surface area contributed by atoms with Crippen LogP contribution in [-0.2, 0) is 0 Å². The molecule has 7 N–H and O–H groups in total. The minimum Gasteiger partial charge on any atom is -0.507 e. The van der Waals surface area contributed by atoms with Crippen LogP contribution in [0.4, 0.5) is 0 Å². The maximum atomic E-state index is 10.8. The highest BCUT2D eigenvalue weighted by Gasteiger charge is 2.24. The molecule has 0 radical (unpaired) electrons. The van der Waals surface area contributed by atoms with Crippen LogP contribution in [0.25, 0.3) is 0 Å². The molecule has 0 aliphatic rings. The lowest BCUT2D eigenvalue weighted by Gasteiger charge is -2.19. The number of hydrogen-bond acceptors (Lipinski definition) is 6. The summed E-state index contributed by atoms with van der Waals surface area (Å²) < 4.78 is 0. The number of phenols is 2. The second-order valence-corrected chi connectivity index (χ2v) is 3.82. The van der Waals surface area contributed by atoms with Gasteiger partial charge >= 0.3 is 5.97 Å². The number of hydrogen-bond donors (Lipinski definition) is 6. The second-order valence-electron chi connectivity index (χ2n) is 3.82. The molecule has 0 fully saturated rings. The molecular weight excluding hydrogens is 242 g/mol. The van der Waals surface area contributed by atoms with Gasteiger partial charge in [-0.05, 0) is 19.0 Å². The van der Waals surface area contributed by atoms with E-state index < -0.39 is 35.2 Å². The first-order chi connectivity index (χ1) is 8.38. The van der Waals surface area contributed by atoms with E-state index in [2.05, 4.69) is 0 Å². The monoisotopic (exact) mass is 257 g/mol. The van der Waals surface area contributed by atoms with Crippen molar-refractivity contribution in [3.8, 4) is 11.5 Å². The maximum absolute atomic E-state index is 10.8. The fourth-order valence-electron chi connectivity index (χ4n) is 1.54. The number of carboxylic acids is 1.